The lowest BCUT2D eigenvalue weighted by molar-refractivity contribution is 0.0954. The smallest absolute Gasteiger partial charge is 0.252 e. The number of aromatic nitrogens is 2. The van der Waals surface area contributed by atoms with Crippen molar-refractivity contribution in [3.8, 4) is 11.5 Å². The molecule has 0 aliphatic heterocycles. The fourth-order valence-corrected chi connectivity index (χ4v) is 4.49. The monoisotopic (exact) mass is 517 g/mol. The quantitative estimate of drug-likeness (QED) is 0.168. The van der Waals surface area contributed by atoms with E-state index >= 15 is 0 Å². The van der Waals surface area contributed by atoms with Crippen molar-refractivity contribution in [2.45, 2.75) is 32.2 Å². The van der Waals surface area contributed by atoms with Gasteiger partial charge in [-0.25, -0.2) is 4.98 Å². The number of para-hydroxylation sites is 2. The topological polar surface area (TPSA) is 65.4 Å². The molecule has 6 nitrogen and oxygen atoms in total. The fourth-order valence-electron chi connectivity index (χ4n) is 4.27. The first-order valence-corrected chi connectivity index (χ1v) is 12.9. The van der Waals surface area contributed by atoms with Gasteiger partial charge in [0.05, 0.1) is 35.3 Å². The SMILES string of the molecule is C=CCc1ccc(OCCCCn2c(CCNC(=O)c3ccccc3Cl)nc3ccccc32)c(OC)c1. The molecule has 192 valence electrons. The van der Waals surface area contributed by atoms with Crippen molar-refractivity contribution < 1.29 is 14.3 Å². The Balaban J connectivity index is 1.33. The van der Waals surface area contributed by atoms with E-state index < -0.39 is 0 Å². The van der Waals surface area contributed by atoms with Crippen LogP contribution in [0.2, 0.25) is 5.02 Å². The number of unbranched alkanes of at least 4 members (excludes halogenated alkanes) is 1. The molecule has 0 aliphatic rings. The molecule has 0 saturated heterocycles. The highest BCUT2D eigenvalue weighted by Crippen LogP contribution is 2.28. The lowest BCUT2D eigenvalue weighted by Crippen LogP contribution is -2.26. The molecule has 0 bridgehead atoms. The first-order valence-electron chi connectivity index (χ1n) is 12.5. The molecular formula is C30H32ClN3O3. The van der Waals surface area contributed by atoms with Crippen LogP contribution in [0.1, 0.15) is 34.6 Å². The Kier molecular flexibility index (Phi) is 9.22. The number of ether oxygens (including phenoxy) is 2. The molecule has 37 heavy (non-hydrogen) atoms. The van der Waals surface area contributed by atoms with Crippen LogP contribution in [0.4, 0.5) is 0 Å². The minimum atomic E-state index is -0.182. The van der Waals surface area contributed by atoms with E-state index in [1.807, 2.05) is 48.5 Å². The number of benzene rings is 3. The summed E-state index contributed by atoms with van der Waals surface area (Å²) in [5.74, 6) is 2.25. The Bertz CT molecular complexity index is 1370. The second kappa shape index (κ2) is 13.0. The molecule has 4 rings (SSSR count). The molecule has 1 amide bonds. The summed E-state index contributed by atoms with van der Waals surface area (Å²) >= 11 is 6.15. The first kappa shape index (κ1) is 26.3. The van der Waals surface area contributed by atoms with Crippen molar-refractivity contribution in [2.24, 2.45) is 0 Å². The summed E-state index contributed by atoms with van der Waals surface area (Å²) in [5.41, 5.74) is 3.66. The maximum atomic E-state index is 12.5. The number of aryl methyl sites for hydroxylation is 1. The number of imidazole rings is 1. The highest BCUT2D eigenvalue weighted by atomic mass is 35.5. The lowest BCUT2D eigenvalue weighted by Gasteiger charge is -2.13. The maximum absolute atomic E-state index is 12.5. The van der Waals surface area contributed by atoms with Crippen molar-refractivity contribution in [1.82, 2.24) is 14.9 Å². The molecule has 4 aromatic rings. The third kappa shape index (κ3) is 6.71. The second-order valence-corrected chi connectivity index (χ2v) is 9.09. The number of carbonyl (C=O) groups is 1. The highest BCUT2D eigenvalue weighted by Gasteiger charge is 2.13. The van der Waals surface area contributed by atoms with Gasteiger partial charge in [-0.15, -0.1) is 6.58 Å². The van der Waals surface area contributed by atoms with Gasteiger partial charge >= 0.3 is 0 Å². The van der Waals surface area contributed by atoms with Gasteiger partial charge in [-0.2, -0.15) is 0 Å². The van der Waals surface area contributed by atoms with Crippen LogP contribution < -0.4 is 14.8 Å². The summed E-state index contributed by atoms with van der Waals surface area (Å²) in [4.78, 5) is 17.3. The standard InChI is InChI=1S/C30H32ClN3O3/c1-3-10-22-15-16-27(28(21-22)36-2)37-20-9-8-19-34-26-14-7-6-13-25(26)33-29(34)17-18-32-30(35)23-11-4-5-12-24(23)31/h3-7,11-16,21H,1,8-10,17-20H2,2H3,(H,32,35). The number of amides is 1. The fraction of sp³-hybridized carbons (Fsp3) is 0.267. The molecule has 0 atom stereocenters. The number of fused-ring (bicyclic) bond motifs is 1. The molecular weight excluding hydrogens is 486 g/mol. The van der Waals surface area contributed by atoms with Crippen LogP contribution in [0.5, 0.6) is 11.5 Å². The third-order valence-corrected chi connectivity index (χ3v) is 6.46. The van der Waals surface area contributed by atoms with Crippen LogP contribution in [-0.4, -0.2) is 35.7 Å². The van der Waals surface area contributed by atoms with Crippen molar-refractivity contribution in [1.29, 1.82) is 0 Å². The van der Waals surface area contributed by atoms with E-state index in [4.69, 9.17) is 26.1 Å². The molecule has 7 heteroatoms. The predicted octanol–water partition coefficient (Wildman–Crippen LogP) is 6.26. The zero-order valence-corrected chi connectivity index (χ0v) is 21.8. The Hall–Kier alpha value is -3.77. The summed E-state index contributed by atoms with van der Waals surface area (Å²) in [6.45, 7) is 5.66. The Morgan fingerprint density at radius 2 is 1.89 bits per heavy atom. The molecule has 0 radical (unpaired) electrons. The number of hydrogen-bond acceptors (Lipinski definition) is 4. The number of halogens is 1. The van der Waals surface area contributed by atoms with Gasteiger partial charge in [-0.05, 0) is 61.2 Å². The normalized spacial score (nSPS) is 10.9. The molecule has 0 unspecified atom stereocenters. The Morgan fingerprint density at radius 1 is 1.08 bits per heavy atom. The number of methoxy groups -OCH3 is 1. The maximum Gasteiger partial charge on any atom is 0.252 e. The number of allylic oxidation sites excluding steroid dienone is 1. The highest BCUT2D eigenvalue weighted by molar-refractivity contribution is 6.33. The second-order valence-electron chi connectivity index (χ2n) is 8.69. The Labute approximate surface area is 222 Å². The minimum absolute atomic E-state index is 0.182. The van der Waals surface area contributed by atoms with Gasteiger partial charge in [0.1, 0.15) is 5.82 Å². The minimum Gasteiger partial charge on any atom is -0.493 e. The average Bonchev–Trinajstić information content (AvgIpc) is 3.26. The van der Waals surface area contributed by atoms with Crippen LogP contribution in [0.25, 0.3) is 11.0 Å². The van der Waals surface area contributed by atoms with Gasteiger partial charge in [0.25, 0.3) is 5.91 Å². The van der Waals surface area contributed by atoms with E-state index in [1.54, 1.807) is 25.3 Å². The largest absolute Gasteiger partial charge is 0.493 e. The molecule has 1 heterocycles. The molecule has 1 aromatic heterocycles. The summed E-state index contributed by atoms with van der Waals surface area (Å²) in [7, 11) is 1.66. The van der Waals surface area contributed by atoms with Crippen molar-refractivity contribution in [3.05, 3.63) is 101 Å². The number of nitrogens with zero attached hydrogens (tertiary/aromatic N) is 2. The van der Waals surface area contributed by atoms with Gasteiger partial charge in [0, 0.05) is 19.5 Å². The van der Waals surface area contributed by atoms with Crippen LogP contribution in [0.3, 0.4) is 0 Å². The first-order chi connectivity index (χ1) is 18.1. The van der Waals surface area contributed by atoms with E-state index in [0.717, 1.165) is 59.7 Å². The average molecular weight is 518 g/mol. The zero-order valence-electron chi connectivity index (χ0n) is 21.1. The van der Waals surface area contributed by atoms with Gasteiger partial charge < -0.3 is 19.4 Å². The third-order valence-electron chi connectivity index (χ3n) is 6.13. The van der Waals surface area contributed by atoms with Crippen molar-refractivity contribution in [3.63, 3.8) is 0 Å². The molecule has 0 fully saturated rings. The summed E-state index contributed by atoms with van der Waals surface area (Å²) in [6.07, 6.45) is 5.09. The number of rotatable bonds is 13. The van der Waals surface area contributed by atoms with E-state index in [2.05, 4.69) is 22.5 Å². The van der Waals surface area contributed by atoms with Crippen LogP contribution >= 0.6 is 11.6 Å². The molecule has 0 spiro atoms. The molecule has 0 aliphatic carbocycles. The van der Waals surface area contributed by atoms with Crippen LogP contribution in [0.15, 0.2) is 79.4 Å². The molecule has 0 saturated carbocycles. The molecule has 1 N–H and O–H groups in total. The van der Waals surface area contributed by atoms with Crippen LogP contribution in [0, 0.1) is 0 Å². The van der Waals surface area contributed by atoms with Crippen molar-refractivity contribution >= 4 is 28.5 Å². The van der Waals surface area contributed by atoms with Crippen molar-refractivity contribution in [2.75, 3.05) is 20.3 Å². The predicted molar refractivity (Wildman–Crippen MR) is 149 cm³/mol. The van der Waals surface area contributed by atoms with Crippen LogP contribution in [-0.2, 0) is 19.4 Å². The van der Waals surface area contributed by atoms with Gasteiger partial charge in [-0.1, -0.05) is 48.0 Å². The van der Waals surface area contributed by atoms with E-state index in [0.29, 0.717) is 30.2 Å². The molecule has 3 aromatic carbocycles. The summed E-state index contributed by atoms with van der Waals surface area (Å²) in [5, 5.41) is 3.41. The lowest BCUT2D eigenvalue weighted by atomic mass is 10.1. The van der Waals surface area contributed by atoms with Gasteiger partial charge in [-0.3, -0.25) is 4.79 Å². The van der Waals surface area contributed by atoms with Gasteiger partial charge in [0.15, 0.2) is 11.5 Å². The van der Waals surface area contributed by atoms with E-state index in [-0.39, 0.29) is 5.91 Å². The number of nitrogens with one attached hydrogen (secondary N) is 1. The zero-order chi connectivity index (χ0) is 26.0. The van der Waals surface area contributed by atoms with E-state index in [1.165, 1.54) is 0 Å². The Morgan fingerprint density at radius 3 is 2.70 bits per heavy atom. The van der Waals surface area contributed by atoms with E-state index in [9.17, 15) is 4.79 Å². The number of carbonyl (C=O) groups excluding carboxylic acids is 1. The van der Waals surface area contributed by atoms with Gasteiger partial charge in [0.2, 0.25) is 0 Å². The number of hydrogen-bond donors (Lipinski definition) is 1. The summed E-state index contributed by atoms with van der Waals surface area (Å²) in [6, 6.07) is 21.1. The summed E-state index contributed by atoms with van der Waals surface area (Å²) < 4.78 is 13.7.